The Morgan fingerprint density at radius 2 is 1.10 bits per heavy atom. The lowest BCUT2D eigenvalue weighted by atomic mass is 10.0. The second-order valence-corrected chi connectivity index (χ2v) is 10.2. The maximum atomic E-state index is 12.0. The lowest BCUT2D eigenvalue weighted by Gasteiger charge is -2.15. The molecule has 5 nitrogen and oxygen atoms in total. The maximum Gasteiger partial charge on any atom is 0.306 e. The number of carbonyl (C=O) groups is 2. The molecule has 0 radical (unpaired) electrons. The summed E-state index contributed by atoms with van der Waals surface area (Å²) in [5, 5.41) is 9.46. The van der Waals surface area contributed by atoms with E-state index in [-0.39, 0.29) is 25.6 Å². The molecule has 0 fully saturated rings. The van der Waals surface area contributed by atoms with E-state index in [1.54, 1.807) is 0 Å². The van der Waals surface area contributed by atoms with Crippen molar-refractivity contribution in [3.05, 3.63) is 48.6 Å². The van der Waals surface area contributed by atoms with Crippen LogP contribution < -0.4 is 0 Å². The van der Waals surface area contributed by atoms with Crippen LogP contribution in [0.1, 0.15) is 136 Å². The van der Waals surface area contributed by atoms with Crippen LogP contribution in [0.5, 0.6) is 0 Å². The molecule has 0 aromatic rings. The Balaban J connectivity index is 3.72. The fraction of sp³-hybridized carbons (Fsp3) is 0.706. The Morgan fingerprint density at radius 3 is 1.62 bits per heavy atom. The van der Waals surface area contributed by atoms with Gasteiger partial charge in [-0.3, -0.25) is 9.59 Å². The summed E-state index contributed by atoms with van der Waals surface area (Å²) in [7, 11) is 0. The minimum absolute atomic E-state index is 0.0939. The molecule has 1 unspecified atom stereocenters. The molecule has 0 spiro atoms. The molecule has 0 saturated carbocycles. The van der Waals surface area contributed by atoms with Crippen molar-refractivity contribution in [2.45, 2.75) is 142 Å². The molecule has 0 aromatic carbocycles. The van der Waals surface area contributed by atoms with Crippen molar-refractivity contribution in [3.63, 3.8) is 0 Å². The summed E-state index contributed by atoms with van der Waals surface area (Å²) in [6.45, 7) is 3.93. The summed E-state index contributed by atoms with van der Waals surface area (Å²) in [5.41, 5.74) is 0. The summed E-state index contributed by atoms with van der Waals surface area (Å²) >= 11 is 0. The van der Waals surface area contributed by atoms with Gasteiger partial charge in [-0.05, 0) is 38.5 Å². The SMILES string of the molecule is CC/C=C\C/C=C\C/C=C\C/C=C\CCC(=O)OC(CO)COC(=O)CCCCCCCCCCCCCC. The topological polar surface area (TPSA) is 72.8 Å². The average molecular weight is 547 g/mol. The molecule has 0 amide bonds. The van der Waals surface area contributed by atoms with Gasteiger partial charge in [0.2, 0.25) is 0 Å². The first-order valence-electron chi connectivity index (χ1n) is 15.7. The number of ether oxygens (including phenoxy) is 2. The predicted octanol–water partition coefficient (Wildman–Crippen LogP) is 9.11. The van der Waals surface area contributed by atoms with Gasteiger partial charge in [-0.1, -0.05) is 133 Å². The molecule has 1 atom stereocenters. The van der Waals surface area contributed by atoms with E-state index in [2.05, 4.69) is 50.3 Å². The van der Waals surface area contributed by atoms with E-state index in [0.29, 0.717) is 12.8 Å². The standard InChI is InChI=1S/C34H58O5/c1-3-5-7-9-11-13-15-17-19-21-23-25-27-29-34(37)39-32(30-35)31-38-33(36)28-26-24-22-20-18-16-14-12-10-8-6-4-2/h5,7,11,13,17,19,23,25,32,35H,3-4,6,8-10,12,14-16,18,20-22,24,26-31H2,1-2H3/b7-5-,13-11-,19-17-,25-23-. The monoisotopic (exact) mass is 546 g/mol. The molecular formula is C34H58O5. The van der Waals surface area contributed by atoms with Crippen LogP contribution in [0.25, 0.3) is 0 Å². The number of unbranched alkanes of at least 4 members (excludes halogenated alkanes) is 11. The fourth-order valence-corrected chi connectivity index (χ4v) is 4.04. The van der Waals surface area contributed by atoms with Crippen LogP contribution in [0.2, 0.25) is 0 Å². The lowest BCUT2D eigenvalue weighted by molar-refractivity contribution is -0.161. The molecular weight excluding hydrogens is 488 g/mol. The average Bonchev–Trinajstić information content (AvgIpc) is 2.94. The van der Waals surface area contributed by atoms with E-state index in [1.807, 2.05) is 12.2 Å². The first kappa shape index (κ1) is 36.9. The van der Waals surface area contributed by atoms with Gasteiger partial charge in [-0.25, -0.2) is 0 Å². The van der Waals surface area contributed by atoms with Gasteiger partial charge in [0.1, 0.15) is 6.61 Å². The second kappa shape index (κ2) is 30.4. The van der Waals surface area contributed by atoms with Gasteiger partial charge < -0.3 is 14.6 Å². The third-order valence-corrected chi connectivity index (χ3v) is 6.40. The quantitative estimate of drug-likeness (QED) is 0.0632. The van der Waals surface area contributed by atoms with Crippen molar-refractivity contribution < 1.29 is 24.2 Å². The largest absolute Gasteiger partial charge is 0.462 e. The minimum atomic E-state index is -0.805. The van der Waals surface area contributed by atoms with Gasteiger partial charge in [-0.15, -0.1) is 0 Å². The highest BCUT2D eigenvalue weighted by atomic mass is 16.6. The molecule has 0 aromatic heterocycles. The molecule has 0 aliphatic rings. The van der Waals surface area contributed by atoms with Crippen LogP contribution in [-0.4, -0.2) is 36.4 Å². The molecule has 0 aliphatic carbocycles. The molecule has 0 bridgehead atoms. The maximum absolute atomic E-state index is 12.0. The van der Waals surface area contributed by atoms with Crippen LogP contribution in [-0.2, 0) is 19.1 Å². The normalized spacial score (nSPS) is 12.8. The number of rotatable bonds is 27. The number of esters is 2. The number of allylic oxidation sites excluding steroid dienone is 8. The zero-order valence-corrected chi connectivity index (χ0v) is 25.1. The minimum Gasteiger partial charge on any atom is -0.462 e. The zero-order valence-electron chi connectivity index (χ0n) is 25.1. The van der Waals surface area contributed by atoms with Gasteiger partial charge in [0, 0.05) is 12.8 Å². The van der Waals surface area contributed by atoms with E-state index in [9.17, 15) is 14.7 Å². The predicted molar refractivity (Wildman–Crippen MR) is 164 cm³/mol. The van der Waals surface area contributed by atoms with Crippen molar-refractivity contribution >= 4 is 11.9 Å². The summed E-state index contributed by atoms with van der Waals surface area (Å²) < 4.78 is 10.5. The number of carbonyl (C=O) groups excluding carboxylic acids is 2. The highest BCUT2D eigenvalue weighted by molar-refractivity contribution is 5.70. The van der Waals surface area contributed by atoms with E-state index in [1.165, 1.54) is 57.8 Å². The number of aliphatic hydroxyl groups is 1. The first-order chi connectivity index (χ1) is 19.1. The van der Waals surface area contributed by atoms with E-state index in [4.69, 9.17) is 9.47 Å². The van der Waals surface area contributed by atoms with Crippen molar-refractivity contribution in [3.8, 4) is 0 Å². The molecule has 1 N–H and O–H groups in total. The first-order valence-corrected chi connectivity index (χ1v) is 15.7. The van der Waals surface area contributed by atoms with Crippen molar-refractivity contribution in [1.29, 1.82) is 0 Å². The van der Waals surface area contributed by atoms with Crippen LogP contribution in [0.3, 0.4) is 0 Å². The van der Waals surface area contributed by atoms with Gasteiger partial charge in [0.15, 0.2) is 6.10 Å². The van der Waals surface area contributed by atoms with E-state index in [0.717, 1.165) is 44.9 Å². The van der Waals surface area contributed by atoms with Gasteiger partial charge in [-0.2, -0.15) is 0 Å². The Hall–Kier alpha value is -2.14. The van der Waals surface area contributed by atoms with Crippen molar-refractivity contribution in [2.24, 2.45) is 0 Å². The summed E-state index contributed by atoms with van der Waals surface area (Å²) in [6, 6.07) is 0. The number of hydrogen-bond donors (Lipinski definition) is 1. The highest BCUT2D eigenvalue weighted by Crippen LogP contribution is 2.13. The highest BCUT2D eigenvalue weighted by Gasteiger charge is 2.15. The molecule has 0 aliphatic heterocycles. The van der Waals surface area contributed by atoms with E-state index >= 15 is 0 Å². The Morgan fingerprint density at radius 1 is 0.615 bits per heavy atom. The molecule has 224 valence electrons. The van der Waals surface area contributed by atoms with Crippen LogP contribution in [0.15, 0.2) is 48.6 Å². The molecule has 0 saturated heterocycles. The molecule has 5 heteroatoms. The number of hydrogen-bond acceptors (Lipinski definition) is 5. The van der Waals surface area contributed by atoms with Crippen LogP contribution in [0.4, 0.5) is 0 Å². The van der Waals surface area contributed by atoms with Gasteiger partial charge >= 0.3 is 11.9 Å². The second-order valence-electron chi connectivity index (χ2n) is 10.2. The van der Waals surface area contributed by atoms with E-state index < -0.39 is 12.1 Å². The summed E-state index contributed by atoms with van der Waals surface area (Å²) in [5.74, 6) is -0.690. The van der Waals surface area contributed by atoms with Crippen LogP contribution >= 0.6 is 0 Å². The molecule has 0 heterocycles. The molecule has 39 heavy (non-hydrogen) atoms. The Kier molecular flexibility index (Phi) is 28.7. The van der Waals surface area contributed by atoms with Crippen molar-refractivity contribution in [2.75, 3.05) is 13.2 Å². The third-order valence-electron chi connectivity index (χ3n) is 6.40. The summed E-state index contributed by atoms with van der Waals surface area (Å²) in [4.78, 5) is 24.0. The zero-order chi connectivity index (χ0) is 28.7. The fourth-order valence-electron chi connectivity index (χ4n) is 4.04. The number of aliphatic hydroxyl groups excluding tert-OH is 1. The lowest BCUT2D eigenvalue weighted by Crippen LogP contribution is -2.28. The Bertz CT molecular complexity index is 677. The van der Waals surface area contributed by atoms with Gasteiger partial charge in [0.25, 0.3) is 0 Å². The van der Waals surface area contributed by atoms with Crippen molar-refractivity contribution in [1.82, 2.24) is 0 Å². The van der Waals surface area contributed by atoms with Gasteiger partial charge in [0.05, 0.1) is 6.61 Å². The van der Waals surface area contributed by atoms with Crippen LogP contribution in [0, 0.1) is 0 Å². The third kappa shape index (κ3) is 28.7. The summed E-state index contributed by atoms with van der Waals surface area (Å²) in [6.07, 6.45) is 36.0. The Labute approximate surface area is 239 Å². The molecule has 0 rings (SSSR count). The smallest absolute Gasteiger partial charge is 0.306 e.